The van der Waals surface area contributed by atoms with Gasteiger partial charge in [0.25, 0.3) is 10.0 Å². The van der Waals surface area contributed by atoms with Crippen molar-refractivity contribution in [2.24, 2.45) is 5.92 Å². The molecular weight excluding hydrogens is 471 g/mol. The lowest BCUT2D eigenvalue weighted by atomic mass is 9.98. The summed E-state index contributed by atoms with van der Waals surface area (Å²) in [6.07, 6.45) is 1.35. The number of anilines is 1. The van der Waals surface area contributed by atoms with E-state index in [2.05, 4.69) is 10.3 Å². The second kappa shape index (κ2) is 9.41. The molecule has 1 aliphatic rings. The number of nitrogens with zero attached hydrogens (tertiary/aromatic N) is 2. The van der Waals surface area contributed by atoms with Gasteiger partial charge in [-0.1, -0.05) is 17.8 Å². The summed E-state index contributed by atoms with van der Waals surface area (Å²) in [4.78, 5) is 18.5. The average Bonchev–Trinajstić information content (AvgIpc) is 3.42. The molecule has 0 spiro atoms. The van der Waals surface area contributed by atoms with E-state index in [0.717, 1.165) is 26.2 Å². The Hall–Kier alpha value is -1.72. The summed E-state index contributed by atoms with van der Waals surface area (Å²) in [5.41, 5.74) is 2.73. The van der Waals surface area contributed by atoms with Crippen LogP contribution in [-0.4, -0.2) is 36.7 Å². The number of carbonyl (C=O) groups excluding carboxylic acids is 1. The van der Waals surface area contributed by atoms with E-state index < -0.39 is 10.0 Å². The molecule has 0 radical (unpaired) electrons. The third-order valence-corrected chi connectivity index (χ3v) is 10.4. The summed E-state index contributed by atoms with van der Waals surface area (Å²) >= 11 is 4.42. The van der Waals surface area contributed by atoms with Gasteiger partial charge in [0, 0.05) is 34.7 Å². The van der Waals surface area contributed by atoms with Crippen molar-refractivity contribution in [1.82, 2.24) is 9.29 Å². The van der Waals surface area contributed by atoms with Crippen LogP contribution in [0.3, 0.4) is 0 Å². The van der Waals surface area contributed by atoms with E-state index in [9.17, 15) is 13.2 Å². The molecule has 1 fully saturated rings. The number of sulfonamides is 1. The number of nitrogens with one attached hydrogen (secondary N) is 1. The van der Waals surface area contributed by atoms with Crippen LogP contribution in [0.25, 0.3) is 0 Å². The molecule has 0 aliphatic carbocycles. The van der Waals surface area contributed by atoms with Gasteiger partial charge in [-0.25, -0.2) is 13.4 Å². The number of amides is 1. The predicted octanol–water partition coefficient (Wildman–Crippen LogP) is 5.01. The summed E-state index contributed by atoms with van der Waals surface area (Å²) in [6, 6.07) is 9.24. The van der Waals surface area contributed by atoms with E-state index in [1.54, 1.807) is 40.6 Å². The number of carbonyl (C=O) groups is 1. The fourth-order valence-corrected chi connectivity index (χ4v) is 8.04. The molecule has 1 unspecified atom stereocenters. The lowest BCUT2D eigenvalue weighted by Crippen LogP contribution is -2.43. The van der Waals surface area contributed by atoms with Gasteiger partial charge in [-0.15, -0.1) is 22.7 Å². The van der Waals surface area contributed by atoms with Crippen LogP contribution in [0.1, 0.15) is 24.1 Å². The van der Waals surface area contributed by atoms with Gasteiger partial charge in [0.15, 0.2) is 4.34 Å². The van der Waals surface area contributed by atoms with Gasteiger partial charge < -0.3 is 5.32 Å². The van der Waals surface area contributed by atoms with Gasteiger partial charge >= 0.3 is 0 Å². The van der Waals surface area contributed by atoms with E-state index >= 15 is 0 Å². The van der Waals surface area contributed by atoms with Crippen LogP contribution < -0.4 is 5.32 Å². The van der Waals surface area contributed by atoms with Crippen LogP contribution in [0, 0.1) is 19.8 Å². The quantitative estimate of drug-likeness (QED) is 0.522. The van der Waals surface area contributed by atoms with Gasteiger partial charge in [0.2, 0.25) is 5.91 Å². The fourth-order valence-electron chi connectivity index (χ4n) is 3.47. The van der Waals surface area contributed by atoms with Crippen LogP contribution in [0.2, 0.25) is 0 Å². The zero-order valence-corrected chi connectivity index (χ0v) is 20.5. The van der Waals surface area contributed by atoms with Crippen LogP contribution in [0.15, 0.2) is 54.5 Å². The lowest BCUT2D eigenvalue weighted by Gasteiger charge is -2.31. The summed E-state index contributed by atoms with van der Waals surface area (Å²) in [7, 11) is -3.54. The van der Waals surface area contributed by atoms with Crippen LogP contribution >= 0.6 is 34.4 Å². The largest absolute Gasteiger partial charge is 0.326 e. The van der Waals surface area contributed by atoms with Gasteiger partial charge in [0.1, 0.15) is 4.21 Å². The van der Waals surface area contributed by atoms with Crippen molar-refractivity contribution >= 4 is 56.1 Å². The van der Waals surface area contributed by atoms with Gasteiger partial charge in [0.05, 0.1) is 5.92 Å². The summed E-state index contributed by atoms with van der Waals surface area (Å²) in [5, 5.41) is 6.78. The molecule has 0 saturated carbocycles. The topological polar surface area (TPSA) is 79.4 Å². The zero-order chi connectivity index (χ0) is 22.0. The standard InChI is InChI=1S/C21H23N3O3S4/c1-14-11-17(30-21-22-15(2)13-29-21)7-8-18(14)23-20(25)16-5-3-9-24(12-16)31(26,27)19-6-4-10-28-19/h4,6-8,10-11,13,16H,3,5,9,12H2,1-2H3,(H,23,25). The maximum atomic E-state index is 12.9. The van der Waals surface area contributed by atoms with Crippen molar-refractivity contribution in [3.63, 3.8) is 0 Å². The average molecular weight is 494 g/mol. The first-order valence-electron chi connectivity index (χ1n) is 9.88. The lowest BCUT2D eigenvalue weighted by molar-refractivity contribution is -0.120. The third-order valence-electron chi connectivity index (χ3n) is 5.10. The zero-order valence-electron chi connectivity index (χ0n) is 17.2. The molecule has 164 valence electrons. The molecule has 1 aliphatic heterocycles. The van der Waals surface area contributed by atoms with E-state index in [1.165, 1.54) is 15.6 Å². The molecule has 1 saturated heterocycles. The monoisotopic (exact) mass is 493 g/mol. The predicted molar refractivity (Wildman–Crippen MR) is 127 cm³/mol. The molecule has 3 heterocycles. The molecule has 10 heteroatoms. The van der Waals surface area contributed by atoms with Gasteiger partial charge in [-0.2, -0.15) is 4.31 Å². The Morgan fingerprint density at radius 3 is 2.77 bits per heavy atom. The molecule has 0 bridgehead atoms. The summed E-state index contributed by atoms with van der Waals surface area (Å²) in [5.74, 6) is -0.500. The molecule has 31 heavy (non-hydrogen) atoms. The Morgan fingerprint density at radius 2 is 2.10 bits per heavy atom. The van der Waals surface area contributed by atoms with Crippen molar-refractivity contribution < 1.29 is 13.2 Å². The molecule has 1 atom stereocenters. The Kier molecular flexibility index (Phi) is 6.83. The van der Waals surface area contributed by atoms with Crippen molar-refractivity contribution in [1.29, 1.82) is 0 Å². The Labute approximate surface area is 194 Å². The van der Waals surface area contributed by atoms with Crippen molar-refractivity contribution in [2.45, 2.75) is 40.1 Å². The smallest absolute Gasteiger partial charge is 0.252 e. The maximum absolute atomic E-state index is 12.9. The van der Waals surface area contributed by atoms with Crippen LogP contribution in [-0.2, 0) is 14.8 Å². The number of benzene rings is 1. The van der Waals surface area contributed by atoms with Gasteiger partial charge in [-0.05, 0) is 61.9 Å². The molecule has 4 rings (SSSR count). The maximum Gasteiger partial charge on any atom is 0.252 e. The molecular formula is C21H23N3O3S4. The SMILES string of the molecule is Cc1csc(Sc2ccc(NC(=O)C3CCCN(S(=O)(=O)c4cccs4)C3)c(C)c2)n1. The molecule has 2 aromatic heterocycles. The van der Waals surface area contributed by atoms with E-state index in [1.807, 2.05) is 37.4 Å². The van der Waals surface area contributed by atoms with E-state index in [0.29, 0.717) is 23.6 Å². The molecule has 6 nitrogen and oxygen atoms in total. The first-order valence-corrected chi connectivity index (χ1v) is 13.9. The summed E-state index contributed by atoms with van der Waals surface area (Å²) in [6.45, 7) is 4.59. The fraction of sp³-hybridized carbons (Fsp3) is 0.333. The van der Waals surface area contributed by atoms with E-state index in [-0.39, 0.29) is 18.4 Å². The second-order valence-electron chi connectivity index (χ2n) is 7.46. The number of thiazole rings is 1. The number of rotatable bonds is 6. The number of aryl methyl sites for hydroxylation is 2. The highest BCUT2D eigenvalue weighted by atomic mass is 32.2. The highest BCUT2D eigenvalue weighted by Gasteiger charge is 2.33. The molecule has 1 amide bonds. The Morgan fingerprint density at radius 1 is 1.26 bits per heavy atom. The minimum Gasteiger partial charge on any atom is -0.326 e. The number of thiophene rings is 1. The highest BCUT2D eigenvalue weighted by Crippen LogP contribution is 2.33. The number of hydrogen-bond donors (Lipinski definition) is 1. The number of hydrogen-bond acceptors (Lipinski definition) is 7. The van der Waals surface area contributed by atoms with Gasteiger partial charge in [-0.3, -0.25) is 4.79 Å². The van der Waals surface area contributed by atoms with Crippen molar-refractivity contribution in [3.05, 3.63) is 52.3 Å². The molecule has 1 aromatic carbocycles. The Bertz CT molecular complexity index is 1170. The molecule has 1 N–H and O–H groups in total. The number of piperidine rings is 1. The normalized spacial score (nSPS) is 17.5. The second-order valence-corrected chi connectivity index (χ2v) is 12.7. The van der Waals surface area contributed by atoms with Crippen LogP contribution in [0.5, 0.6) is 0 Å². The molecule has 3 aromatic rings. The summed E-state index contributed by atoms with van der Waals surface area (Å²) < 4.78 is 28.4. The third kappa shape index (κ3) is 5.20. The minimum absolute atomic E-state index is 0.134. The van der Waals surface area contributed by atoms with Crippen LogP contribution in [0.4, 0.5) is 5.69 Å². The first kappa shape index (κ1) is 22.5. The minimum atomic E-state index is -3.54. The van der Waals surface area contributed by atoms with E-state index in [4.69, 9.17) is 0 Å². The number of aromatic nitrogens is 1. The highest BCUT2D eigenvalue weighted by molar-refractivity contribution is 8.01. The van der Waals surface area contributed by atoms with Crippen molar-refractivity contribution in [2.75, 3.05) is 18.4 Å². The first-order chi connectivity index (χ1) is 14.8. The Balaban J connectivity index is 1.41. The van der Waals surface area contributed by atoms with Crippen molar-refractivity contribution in [3.8, 4) is 0 Å².